The summed E-state index contributed by atoms with van der Waals surface area (Å²) in [4.78, 5) is 0. The smallest absolute Gasteiger partial charge is 0.267 e. The second kappa shape index (κ2) is 5.30. The van der Waals surface area contributed by atoms with Gasteiger partial charge < -0.3 is 0 Å². The molecule has 0 aliphatic heterocycles. The number of nitrogens with zero attached hydrogens (tertiary/aromatic N) is 5. The highest BCUT2D eigenvalue weighted by molar-refractivity contribution is 8.13. The minimum atomic E-state index is -4.01. The quantitative estimate of drug-likeness (QED) is 0.678. The Labute approximate surface area is 125 Å². The fourth-order valence-corrected chi connectivity index (χ4v) is 2.80. The van der Waals surface area contributed by atoms with Gasteiger partial charge in [-0.15, -0.1) is 10.2 Å². The number of para-hydroxylation sites is 1. The van der Waals surface area contributed by atoms with Gasteiger partial charge in [0.2, 0.25) is 0 Å². The van der Waals surface area contributed by atoms with Crippen molar-refractivity contribution in [2.24, 2.45) is 0 Å². The fraction of sp³-hybridized carbons (Fsp3) is 0.0833. The molecular weight excluding hydrogens is 314 g/mol. The lowest BCUT2D eigenvalue weighted by Crippen LogP contribution is -2.11. The van der Waals surface area contributed by atoms with E-state index in [1.54, 1.807) is 47.4 Å². The van der Waals surface area contributed by atoms with Gasteiger partial charge >= 0.3 is 0 Å². The van der Waals surface area contributed by atoms with E-state index in [9.17, 15) is 8.42 Å². The average Bonchev–Trinajstić information content (AvgIpc) is 3.09. The average molecular weight is 324 g/mol. The molecule has 21 heavy (non-hydrogen) atoms. The van der Waals surface area contributed by atoms with Crippen LogP contribution in [-0.4, -0.2) is 33.0 Å². The largest absolute Gasteiger partial charge is 0.297 e. The maximum atomic E-state index is 11.7. The molecule has 7 nitrogen and oxygen atoms in total. The van der Waals surface area contributed by atoms with Crippen LogP contribution in [0.3, 0.4) is 0 Å². The second-order valence-electron chi connectivity index (χ2n) is 4.21. The molecule has 0 atom stereocenters. The van der Waals surface area contributed by atoms with Crippen LogP contribution < -0.4 is 0 Å². The molecule has 1 aromatic carbocycles. The predicted molar refractivity (Wildman–Crippen MR) is 75.7 cm³/mol. The lowest BCUT2D eigenvalue weighted by atomic mass is 10.3. The molecule has 0 aliphatic carbocycles. The van der Waals surface area contributed by atoms with Gasteiger partial charge in [0.15, 0.2) is 5.82 Å². The molecule has 0 bridgehead atoms. The molecule has 0 saturated heterocycles. The Hall–Kier alpha value is -2.19. The summed E-state index contributed by atoms with van der Waals surface area (Å²) < 4.78 is 26.4. The highest BCUT2D eigenvalue weighted by Gasteiger charge is 2.23. The summed E-state index contributed by atoms with van der Waals surface area (Å²) in [6.07, 6.45) is 3.38. The predicted octanol–water partition coefficient (Wildman–Crippen LogP) is 1.44. The lowest BCUT2D eigenvalue weighted by molar-refractivity contribution is 0.594. The molecule has 0 fully saturated rings. The summed E-state index contributed by atoms with van der Waals surface area (Å²) >= 11 is 0. The number of rotatable bonds is 4. The maximum absolute atomic E-state index is 11.7. The van der Waals surface area contributed by atoms with E-state index in [1.807, 2.05) is 6.07 Å². The van der Waals surface area contributed by atoms with Crippen LogP contribution in [0.4, 0.5) is 0 Å². The summed E-state index contributed by atoms with van der Waals surface area (Å²) in [5.41, 5.74) is 0.615. The highest BCUT2D eigenvalue weighted by atomic mass is 35.7. The normalized spacial score (nSPS) is 11.7. The molecule has 0 aliphatic rings. The molecular formula is C12H10ClN5O2S. The first-order chi connectivity index (χ1) is 10.1. The van der Waals surface area contributed by atoms with E-state index in [4.69, 9.17) is 10.7 Å². The van der Waals surface area contributed by atoms with Gasteiger partial charge in [0.25, 0.3) is 14.2 Å². The van der Waals surface area contributed by atoms with Crippen molar-refractivity contribution in [3.63, 3.8) is 0 Å². The molecule has 3 aromatic rings. The third kappa shape index (κ3) is 2.81. The van der Waals surface area contributed by atoms with E-state index in [0.29, 0.717) is 11.5 Å². The first-order valence-electron chi connectivity index (χ1n) is 5.97. The Morgan fingerprint density at radius 1 is 1.10 bits per heavy atom. The number of aromatic nitrogens is 5. The monoisotopic (exact) mass is 323 g/mol. The summed E-state index contributed by atoms with van der Waals surface area (Å²) in [6, 6.07) is 10.7. The van der Waals surface area contributed by atoms with Crippen molar-refractivity contribution in [1.82, 2.24) is 24.5 Å². The van der Waals surface area contributed by atoms with Crippen LogP contribution in [0.25, 0.3) is 5.69 Å². The van der Waals surface area contributed by atoms with Crippen molar-refractivity contribution in [3.8, 4) is 5.69 Å². The third-order valence-corrected chi connectivity index (χ3v) is 3.91. The zero-order chi connectivity index (χ0) is 14.9. The SMILES string of the molecule is O=S(=O)(Cl)c1nnc(Cn2cccn2)n1-c1ccccc1. The number of hydrogen-bond donors (Lipinski definition) is 0. The van der Waals surface area contributed by atoms with Crippen molar-refractivity contribution in [2.75, 3.05) is 0 Å². The Balaban J connectivity index is 2.15. The molecule has 108 valence electrons. The van der Waals surface area contributed by atoms with Gasteiger partial charge in [-0.05, 0) is 18.2 Å². The van der Waals surface area contributed by atoms with Crippen molar-refractivity contribution < 1.29 is 8.42 Å². The fourth-order valence-electron chi connectivity index (χ4n) is 1.94. The Morgan fingerprint density at radius 2 is 1.86 bits per heavy atom. The van der Waals surface area contributed by atoms with E-state index in [-0.39, 0.29) is 11.7 Å². The van der Waals surface area contributed by atoms with Crippen LogP contribution in [0.2, 0.25) is 0 Å². The van der Waals surface area contributed by atoms with Crippen molar-refractivity contribution in [1.29, 1.82) is 0 Å². The molecule has 0 amide bonds. The van der Waals surface area contributed by atoms with Crippen molar-refractivity contribution >= 4 is 19.7 Å². The molecule has 9 heteroatoms. The first kappa shape index (κ1) is 13.8. The van der Waals surface area contributed by atoms with E-state index >= 15 is 0 Å². The van der Waals surface area contributed by atoms with Crippen molar-refractivity contribution in [3.05, 3.63) is 54.6 Å². The Kier molecular flexibility index (Phi) is 3.48. The lowest BCUT2D eigenvalue weighted by Gasteiger charge is -2.08. The summed E-state index contributed by atoms with van der Waals surface area (Å²) in [5.74, 6) is 0.420. The Morgan fingerprint density at radius 3 is 2.48 bits per heavy atom. The van der Waals surface area contributed by atoms with Gasteiger partial charge in [0.05, 0.1) is 0 Å². The van der Waals surface area contributed by atoms with E-state index in [2.05, 4.69) is 15.3 Å². The zero-order valence-electron chi connectivity index (χ0n) is 10.7. The second-order valence-corrected chi connectivity index (χ2v) is 6.67. The molecule has 3 rings (SSSR count). The Bertz CT molecular complexity index is 843. The standard InChI is InChI=1S/C12H10ClN5O2S/c13-21(19,20)12-16-15-11(9-17-8-4-7-14-17)18(12)10-5-2-1-3-6-10/h1-8H,9H2. The molecule has 0 unspecified atom stereocenters. The molecule has 0 saturated carbocycles. The van der Waals surface area contributed by atoms with E-state index in [0.717, 1.165) is 0 Å². The number of halogens is 1. The van der Waals surface area contributed by atoms with Crippen LogP contribution in [0.1, 0.15) is 5.82 Å². The van der Waals surface area contributed by atoms with Crippen molar-refractivity contribution in [2.45, 2.75) is 11.7 Å². The number of hydrogen-bond acceptors (Lipinski definition) is 5. The van der Waals surface area contributed by atoms with Gasteiger partial charge in [-0.3, -0.25) is 9.25 Å². The summed E-state index contributed by atoms with van der Waals surface area (Å²) in [5, 5.41) is 11.4. The van der Waals surface area contributed by atoms with Crippen LogP contribution in [0.5, 0.6) is 0 Å². The van der Waals surface area contributed by atoms with Crippen LogP contribution in [0, 0.1) is 0 Å². The van der Waals surface area contributed by atoms with Gasteiger partial charge in [-0.2, -0.15) is 5.10 Å². The minimum absolute atomic E-state index is 0.279. The van der Waals surface area contributed by atoms with E-state index < -0.39 is 9.05 Å². The third-order valence-electron chi connectivity index (χ3n) is 2.80. The molecule has 0 N–H and O–H groups in total. The summed E-state index contributed by atoms with van der Waals surface area (Å²) in [6.45, 7) is 0.279. The summed E-state index contributed by atoms with van der Waals surface area (Å²) in [7, 11) is 1.43. The molecule has 2 heterocycles. The molecule has 0 radical (unpaired) electrons. The van der Waals surface area contributed by atoms with Crippen LogP contribution in [0.15, 0.2) is 53.9 Å². The van der Waals surface area contributed by atoms with Gasteiger partial charge in [0, 0.05) is 28.8 Å². The number of benzene rings is 1. The van der Waals surface area contributed by atoms with Crippen LogP contribution in [-0.2, 0) is 15.6 Å². The maximum Gasteiger partial charge on any atom is 0.297 e. The van der Waals surface area contributed by atoms with E-state index in [1.165, 1.54) is 4.57 Å². The van der Waals surface area contributed by atoms with Gasteiger partial charge in [-0.1, -0.05) is 18.2 Å². The minimum Gasteiger partial charge on any atom is -0.267 e. The van der Waals surface area contributed by atoms with Gasteiger partial charge in [-0.25, -0.2) is 8.42 Å². The topological polar surface area (TPSA) is 82.7 Å². The van der Waals surface area contributed by atoms with Crippen LogP contribution >= 0.6 is 10.7 Å². The molecule has 0 spiro atoms. The zero-order valence-corrected chi connectivity index (χ0v) is 12.2. The first-order valence-corrected chi connectivity index (χ1v) is 8.28. The molecule has 2 aromatic heterocycles. The highest BCUT2D eigenvalue weighted by Crippen LogP contribution is 2.20. The van der Waals surface area contributed by atoms with Gasteiger partial charge in [0.1, 0.15) is 6.54 Å².